The maximum atomic E-state index is 12.2. The van der Waals surface area contributed by atoms with Gasteiger partial charge in [0.15, 0.2) is 0 Å². The second-order valence-corrected chi connectivity index (χ2v) is 8.96. The van der Waals surface area contributed by atoms with E-state index in [2.05, 4.69) is 10.6 Å². The molecule has 5 heteroatoms. The Kier molecular flexibility index (Phi) is 7.23. The lowest BCUT2D eigenvalue weighted by atomic mass is 10.0. The van der Waals surface area contributed by atoms with Crippen molar-refractivity contribution in [2.24, 2.45) is 11.8 Å². The van der Waals surface area contributed by atoms with Crippen LogP contribution in [0.4, 0.5) is 11.4 Å². The Labute approximate surface area is 184 Å². The van der Waals surface area contributed by atoms with E-state index in [4.69, 9.17) is 4.74 Å². The normalized spacial score (nSPS) is 16.9. The highest BCUT2D eigenvalue weighted by Gasteiger charge is 2.19. The van der Waals surface area contributed by atoms with E-state index in [1.807, 2.05) is 48.5 Å². The minimum Gasteiger partial charge on any atom is -0.457 e. The maximum absolute atomic E-state index is 12.2. The number of amides is 2. The Bertz CT molecular complexity index is 791. The number of rotatable bonds is 8. The molecule has 0 bridgehead atoms. The average Bonchev–Trinajstić information content (AvgIpc) is 3.45. The van der Waals surface area contributed by atoms with Crippen LogP contribution in [0.25, 0.3) is 0 Å². The molecule has 2 amide bonds. The second kappa shape index (κ2) is 10.5. The lowest BCUT2D eigenvalue weighted by molar-refractivity contribution is -0.117. The maximum Gasteiger partial charge on any atom is 0.224 e. The molecular formula is C26H32N2O3. The van der Waals surface area contributed by atoms with Gasteiger partial charge in [0, 0.05) is 24.2 Å². The minimum absolute atomic E-state index is 0.0890. The molecule has 0 aromatic heterocycles. The van der Waals surface area contributed by atoms with E-state index in [0.717, 1.165) is 11.4 Å². The van der Waals surface area contributed by atoms with Crippen LogP contribution in [0.1, 0.15) is 64.2 Å². The monoisotopic (exact) mass is 420 g/mol. The quantitative estimate of drug-likeness (QED) is 0.511. The number of anilines is 2. The van der Waals surface area contributed by atoms with E-state index < -0.39 is 0 Å². The highest BCUT2D eigenvalue weighted by molar-refractivity contribution is 5.91. The van der Waals surface area contributed by atoms with Crippen molar-refractivity contribution in [2.75, 3.05) is 10.6 Å². The van der Waals surface area contributed by atoms with Gasteiger partial charge in [-0.25, -0.2) is 0 Å². The average molecular weight is 421 g/mol. The van der Waals surface area contributed by atoms with Gasteiger partial charge in [-0.1, -0.05) is 25.7 Å². The largest absolute Gasteiger partial charge is 0.457 e. The predicted octanol–water partition coefficient (Wildman–Crippen LogP) is 6.52. The first-order chi connectivity index (χ1) is 15.1. The fourth-order valence-corrected chi connectivity index (χ4v) is 4.73. The Hall–Kier alpha value is -2.82. The summed E-state index contributed by atoms with van der Waals surface area (Å²) in [5, 5.41) is 5.95. The first kappa shape index (κ1) is 21.4. The van der Waals surface area contributed by atoms with Crippen LogP contribution in [-0.4, -0.2) is 11.8 Å². The van der Waals surface area contributed by atoms with Crippen molar-refractivity contribution in [2.45, 2.75) is 64.2 Å². The van der Waals surface area contributed by atoms with Gasteiger partial charge in [0.2, 0.25) is 11.8 Å². The molecule has 2 N–H and O–H groups in total. The third-order valence-corrected chi connectivity index (χ3v) is 6.41. The van der Waals surface area contributed by atoms with Gasteiger partial charge in [0.05, 0.1) is 0 Å². The number of carbonyl (C=O) groups excluding carboxylic acids is 2. The lowest BCUT2D eigenvalue weighted by Crippen LogP contribution is -2.15. The first-order valence-electron chi connectivity index (χ1n) is 11.6. The smallest absolute Gasteiger partial charge is 0.224 e. The number of nitrogens with one attached hydrogen (secondary N) is 2. The lowest BCUT2D eigenvalue weighted by Gasteiger charge is -2.11. The van der Waals surface area contributed by atoms with E-state index in [9.17, 15) is 9.59 Å². The van der Waals surface area contributed by atoms with Crippen molar-refractivity contribution >= 4 is 23.2 Å². The van der Waals surface area contributed by atoms with Crippen LogP contribution in [0.2, 0.25) is 0 Å². The molecule has 0 radical (unpaired) electrons. The molecule has 0 saturated heterocycles. The van der Waals surface area contributed by atoms with Crippen LogP contribution in [0.5, 0.6) is 11.5 Å². The molecule has 0 heterocycles. The molecule has 4 rings (SSSR count). The van der Waals surface area contributed by atoms with Crippen LogP contribution >= 0.6 is 0 Å². The molecule has 164 valence electrons. The van der Waals surface area contributed by atoms with Gasteiger partial charge >= 0.3 is 0 Å². The molecule has 2 aliphatic rings. The SMILES string of the molecule is O=C(CC1CCCC1)Nc1ccc(Oc2ccc(NC(=O)CC3CCCC3)cc2)cc1. The zero-order valence-corrected chi connectivity index (χ0v) is 18.1. The van der Waals surface area contributed by atoms with Crippen molar-refractivity contribution in [3.63, 3.8) is 0 Å². The molecule has 5 nitrogen and oxygen atoms in total. The van der Waals surface area contributed by atoms with Crippen molar-refractivity contribution < 1.29 is 14.3 Å². The van der Waals surface area contributed by atoms with Crippen LogP contribution in [0, 0.1) is 11.8 Å². The van der Waals surface area contributed by atoms with Crippen molar-refractivity contribution in [3.05, 3.63) is 48.5 Å². The molecular weight excluding hydrogens is 388 g/mol. The van der Waals surface area contributed by atoms with Crippen molar-refractivity contribution in [1.82, 2.24) is 0 Å². The summed E-state index contributed by atoms with van der Waals surface area (Å²) in [6.45, 7) is 0. The summed E-state index contributed by atoms with van der Waals surface area (Å²) in [6, 6.07) is 14.8. The van der Waals surface area contributed by atoms with Crippen LogP contribution in [-0.2, 0) is 9.59 Å². The van der Waals surface area contributed by atoms with Gasteiger partial charge in [0.25, 0.3) is 0 Å². The van der Waals surface area contributed by atoms with Crippen LogP contribution < -0.4 is 15.4 Å². The Morgan fingerprint density at radius 3 is 1.35 bits per heavy atom. The summed E-state index contributed by atoms with van der Waals surface area (Å²) >= 11 is 0. The molecule has 0 atom stereocenters. The number of carbonyl (C=O) groups is 2. The van der Waals surface area contributed by atoms with Gasteiger partial charge in [-0.15, -0.1) is 0 Å². The third kappa shape index (κ3) is 6.58. The topological polar surface area (TPSA) is 67.4 Å². The van der Waals surface area contributed by atoms with Crippen LogP contribution in [0.15, 0.2) is 48.5 Å². The zero-order valence-electron chi connectivity index (χ0n) is 18.1. The Morgan fingerprint density at radius 2 is 1.00 bits per heavy atom. The van der Waals surface area contributed by atoms with Gasteiger partial charge < -0.3 is 15.4 Å². The molecule has 0 spiro atoms. The fourth-order valence-electron chi connectivity index (χ4n) is 4.73. The molecule has 2 aromatic rings. The summed E-state index contributed by atoms with van der Waals surface area (Å²) in [6.07, 6.45) is 10.9. The van der Waals surface area contributed by atoms with E-state index in [0.29, 0.717) is 36.2 Å². The van der Waals surface area contributed by atoms with Crippen molar-refractivity contribution in [3.8, 4) is 11.5 Å². The van der Waals surface area contributed by atoms with Gasteiger partial charge in [-0.05, 0) is 86.1 Å². The summed E-state index contributed by atoms with van der Waals surface area (Å²) in [5.41, 5.74) is 1.58. The fraction of sp³-hybridized carbons (Fsp3) is 0.462. The predicted molar refractivity (Wildman–Crippen MR) is 123 cm³/mol. The molecule has 31 heavy (non-hydrogen) atoms. The number of hydrogen-bond donors (Lipinski definition) is 2. The van der Waals surface area contributed by atoms with Gasteiger partial charge in [0.1, 0.15) is 11.5 Å². The molecule has 2 aliphatic carbocycles. The molecule has 2 aromatic carbocycles. The molecule has 0 aliphatic heterocycles. The highest BCUT2D eigenvalue weighted by atomic mass is 16.5. The van der Waals surface area contributed by atoms with Crippen LogP contribution in [0.3, 0.4) is 0 Å². The number of benzene rings is 2. The van der Waals surface area contributed by atoms with Crippen molar-refractivity contribution in [1.29, 1.82) is 0 Å². The standard InChI is InChI=1S/C26H32N2O3/c29-25(17-19-5-1-2-6-19)27-21-9-13-23(14-10-21)31-24-15-11-22(12-16-24)28-26(30)18-20-7-3-4-8-20/h9-16,19-20H,1-8,17-18H2,(H,27,29)(H,28,30). The first-order valence-corrected chi connectivity index (χ1v) is 11.6. The Morgan fingerprint density at radius 1 is 0.645 bits per heavy atom. The summed E-state index contributed by atoms with van der Waals surface area (Å²) in [5.74, 6) is 2.66. The van der Waals surface area contributed by atoms with Gasteiger partial charge in [-0.2, -0.15) is 0 Å². The number of ether oxygens (including phenoxy) is 1. The molecule has 2 fully saturated rings. The summed E-state index contributed by atoms with van der Waals surface area (Å²) in [7, 11) is 0. The summed E-state index contributed by atoms with van der Waals surface area (Å²) < 4.78 is 5.89. The highest BCUT2D eigenvalue weighted by Crippen LogP contribution is 2.29. The van der Waals surface area contributed by atoms with E-state index in [1.165, 1.54) is 51.4 Å². The minimum atomic E-state index is 0.0890. The Balaban J connectivity index is 1.24. The molecule has 0 unspecified atom stereocenters. The van der Waals surface area contributed by atoms with E-state index in [-0.39, 0.29) is 11.8 Å². The third-order valence-electron chi connectivity index (χ3n) is 6.41. The van der Waals surface area contributed by atoms with Gasteiger partial charge in [-0.3, -0.25) is 9.59 Å². The van der Waals surface area contributed by atoms with E-state index >= 15 is 0 Å². The molecule has 2 saturated carbocycles. The summed E-state index contributed by atoms with van der Waals surface area (Å²) in [4.78, 5) is 24.4. The second-order valence-electron chi connectivity index (χ2n) is 8.96. The van der Waals surface area contributed by atoms with E-state index in [1.54, 1.807) is 0 Å². The number of hydrogen-bond acceptors (Lipinski definition) is 3. The zero-order chi connectivity index (χ0) is 21.5.